The van der Waals surface area contributed by atoms with Gasteiger partial charge < -0.3 is 10.4 Å². The zero-order valence-electron chi connectivity index (χ0n) is 7.67. The van der Waals surface area contributed by atoms with Crippen molar-refractivity contribution >= 4 is 17.5 Å². The van der Waals surface area contributed by atoms with Gasteiger partial charge in [0.25, 0.3) is 5.91 Å². The molecular weight excluding hydrogens is 202 g/mol. The lowest BCUT2D eigenvalue weighted by molar-refractivity contribution is 0.0929. The highest BCUT2D eigenvalue weighted by Crippen LogP contribution is 2.31. The summed E-state index contributed by atoms with van der Waals surface area (Å²) in [6.07, 6.45) is 0.751. The Morgan fingerprint density at radius 3 is 3.00 bits per heavy atom. The average Bonchev–Trinajstić information content (AvgIpc) is 2.10. The molecule has 0 spiro atoms. The van der Waals surface area contributed by atoms with E-state index < -0.39 is 0 Å². The average molecular weight is 212 g/mol. The van der Waals surface area contributed by atoms with E-state index in [0.29, 0.717) is 5.56 Å². The Labute approximate surface area is 86.7 Å². The van der Waals surface area contributed by atoms with Gasteiger partial charge in [-0.25, -0.2) is 0 Å². The van der Waals surface area contributed by atoms with E-state index in [9.17, 15) is 9.90 Å². The summed E-state index contributed by atoms with van der Waals surface area (Å²) in [4.78, 5) is 11.6. The second-order valence-corrected chi connectivity index (χ2v) is 3.89. The van der Waals surface area contributed by atoms with Gasteiger partial charge in [0, 0.05) is 6.04 Å². The lowest BCUT2D eigenvalue weighted by Gasteiger charge is -2.23. The lowest BCUT2D eigenvalue weighted by Crippen LogP contribution is -2.39. The van der Waals surface area contributed by atoms with Crippen molar-refractivity contribution in [1.82, 2.24) is 5.32 Å². The standard InChI is InChI=1S/C10H10ClNO2/c1-5-4-6-2-3-7(13)9(11)8(6)10(14)12-5/h2-3,5,13H,4H2,1H3,(H,12,14). The monoisotopic (exact) mass is 211 g/mol. The molecule has 0 radical (unpaired) electrons. The summed E-state index contributed by atoms with van der Waals surface area (Å²) in [5, 5.41) is 12.3. The Balaban J connectivity index is 2.60. The van der Waals surface area contributed by atoms with Crippen molar-refractivity contribution in [2.75, 3.05) is 0 Å². The zero-order valence-corrected chi connectivity index (χ0v) is 8.43. The van der Waals surface area contributed by atoms with Crippen molar-refractivity contribution in [1.29, 1.82) is 0 Å². The van der Waals surface area contributed by atoms with Crippen LogP contribution in [0.2, 0.25) is 5.02 Å². The number of carbonyl (C=O) groups is 1. The Kier molecular flexibility index (Phi) is 2.11. The van der Waals surface area contributed by atoms with Gasteiger partial charge in [-0.15, -0.1) is 0 Å². The number of phenols is 1. The second kappa shape index (κ2) is 3.17. The van der Waals surface area contributed by atoms with E-state index in [-0.39, 0.29) is 22.7 Å². The summed E-state index contributed by atoms with van der Waals surface area (Å²) in [6.45, 7) is 1.93. The van der Waals surface area contributed by atoms with E-state index in [1.54, 1.807) is 6.07 Å². The summed E-state index contributed by atoms with van der Waals surface area (Å²) < 4.78 is 0. The summed E-state index contributed by atoms with van der Waals surface area (Å²) >= 11 is 5.84. The number of aromatic hydroxyl groups is 1. The third kappa shape index (κ3) is 1.34. The van der Waals surface area contributed by atoms with E-state index in [1.165, 1.54) is 6.07 Å². The molecule has 0 bridgehead atoms. The van der Waals surface area contributed by atoms with Crippen molar-refractivity contribution in [3.63, 3.8) is 0 Å². The number of hydrogen-bond acceptors (Lipinski definition) is 2. The van der Waals surface area contributed by atoms with Gasteiger partial charge in [0.1, 0.15) is 5.75 Å². The first-order valence-corrected chi connectivity index (χ1v) is 4.78. The molecule has 1 amide bonds. The van der Waals surface area contributed by atoms with E-state index in [4.69, 9.17) is 11.6 Å². The van der Waals surface area contributed by atoms with Crippen LogP contribution in [0.25, 0.3) is 0 Å². The highest BCUT2D eigenvalue weighted by molar-refractivity contribution is 6.35. The molecule has 0 aliphatic carbocycles. The van der Waals surface area contributed by atoms with Gasteiger partial charge in [-0.05, 0) is 25.0 Å². The predicted octanol–water partition coefficient (Wildman–Crippen LogP) is 1.72. The maximum Gasteiger partial charge on any atom is 0.253 e. The van der Waals surface area contributed by atoms with Crippen LogP contribution in [0.5, 0.6) is 5.75 Å². The highest BCUT2D eigenvalue weighted by Gasteiger charge is 2.25. The quantitative estimate of drug-likeness (QED) is 0.687. The van der Waals surface area contributed by atoms with E-state index in [1.807, 2.05) is 6.92 Å². The Morgan fingerprint density at radius 2 is 2.29 bits per heavy atom. The van der Waals surface area contributed by atoms with Crippen molar-refractivity contribution in [3.05, 3.63) is 28.3 Å². The molecule has 1 atom stereocenters. The van der Waals surface area contributed by atoms with Crippen molar-refractivity contribution in [2.45, 2.75) is 19.4 Å². The van der Waals surface area contributed by atoms with Gasteiger partial charge in [0.2, 0.25) is 0 Å². The van der Waals surface area contributed by atoms with Crippen LogP contribution in [-0.2, 0) is 6.42 Å². The first-order chi connectivity index (χ1) is 6.59. The first kappa shape index (κ1) is 9.34. The van der Waals surface area contributed by atoms with Crippen LogP contribution >= 0.6 is 11.6 Å². The molecule has 1 aromatic rings. The minimum atomic E-state index is -0.209. The van der Waals surface area contributed by atoms with Gasteiger partial charge in [-0.3, -0.25) is 4.79 Å². The number of rotatable bonds is 0. The molecule has 0 saturated carbocycles. The number of hydrogen-bond donors (Lipinski definition) is 2. The molecule has 74 valence electrons. The second-order valence-electron chi connectivity index (χ2n) is 3.51. The number of halogens is 1. The van der Waals surface area contributed by atoms with Crippen LogP contribution in [0.3, 0.4) is 0 Å². The summed E-state index contributed by atoms with van der Waals surface area (Å²) in [7, 11) is 0. The molecule has 1 aliphatic rings. The normalized spacial score (nSPS) is 20.1. The van der Waals surface area contributed by atoms with Crippen LogP contribution in [0.4, 0.5) is 0 Å². The maximum atomic E-state index is 11.6. The minimum absolute atomic E-state index is 0.0462. The molecule has 1 aromatic carbocycles. The molecule has 3 nitrogen and oxygen atoms in total. The molecule has 4 heteroatoms. The highest BCUT2D eigenvalue weighted by atomic mass is 35.5. The molecule has 0 fully saturated rings. The van der Waals surface area contributed by atoms with Crippen LogP contribution in [0.15, 0.2) is 12.1 Å². The Morgan fingerprint density at radius 1 is 1.57 bits per heavy atom. The van der Waals surface area contributed by atoms with E-state index in [2.05, 4.69) is 5.32 Å². The molecule has 2 N–H and O–H groups in total. The van der Waals surface area contributed by atoms with Crippen molar-refractivity contribution in [3.8, 4) is 5.75 Å². The fourth-order valence-electron chi connectivity index (χ4n) is 1.70. The number of fused-ring (bicyclic) bond motifs is 1. The van der Waals surface area contributed by atoms with Crippen molar-refractivity contribution in [2.24, 2.45) is 0 Å². The Bertz CT molecular complexity index is 403. The Hall–Kier alpha value is -1.22. The molecule has 0 aromatic heterocycles. The summed E-state index contributed by atoms with van der Waals surface area (Å²) in [5.41, 5.74) is 1.30. The molecular formula is C10H10ClNO2. The minimum Gasteiger partial charge on any atom is -0.506 e. The van der Waals surface area contributed by atoms with Gasteiger partial charge in [0.05, 0.1) is 10.6 Å². The van der Waals surface area contributed by atoms with E-state index in [0.717, 1.165) is 12.0 Å². The number of phenolic OH excluding ortho intramolecular Hbond substituents is 1. The number of amides is 1. The van der Waals surface area contributed by atoms with Gasteiger partial charge in [0.15, 0.2) is 0 Å². The molecule has 1 unspecified atom stereocenters. The molecule has 0 saturated heterocycles. The molecule has 1 aliphatic heterocycles. The topological polar surface area (TPSA) is 49.3 Å². The SMILES string of the molecule is CC1Cc2ccc(O)c(Cl)c2C(=O)N1. The fraction of sp³-hybridized carbons (Fsp3) is 0.300. The van der Waals surface area contributed by atoms with Crippen LogP contribution < -0.4 is 5.32 Å². The van der Waals surface area contributed by atoms with Gasteiger partial charge in [-0.1, -0.05) is 17.7 Å². The number of carbonyl (C=O) groups excluding carboxylic acids is 1. The molecule has 14 heavy (non-hydrogen) atoms. The number of nitrogens with one attached hydrogen (secondary N) is 1. The lowest BCUT2D eigenvalue weighted by atomic mass is 9.96. The van der Waals surface area contributed by atoms with E-state index >= 15 is 0 Å². The van der Waals surface area contributed by atoms with Crippen LogP contribution in [0.1, 0.15) is 22.8 Å². The third-order valence-electron chi connectivity index (χ3n) is 2.34. The smallest absolute Gasteiger partial charge is 0.253 e. The summed E-state index contributed by atoms with van der Waals surface area (Å²) in [6, 6.07) is 3.38. The van der Waals surface area contributed by atoms with Crippen molar-refractivity contribution < 1.29 is 9.90 Å². The molecule has 2 rings (SSSR count). The summed E-state index contributed by atoms with van der Waals surface area (Å²) in [5.74, 6) is -0.255. The van der Waals surface area contributed by atoms with Crippen LogP contribution in [0, 0.1) is 0 Å². The predicted molar refractivity (Wildman–Crippen MR) is 53.7 cm³/mol. The van der Waals surface area contributed by atoms with Gasteiger partial charge >= 0.3 is 0 Å². The maximum absolute atomic E-state index is 11.6. The third-order valence-corrected chi connectivity index (χ3v) is 2.72. The fourth-order valence-corrected chi connectivity index (χ4v) is 1.97. The first-order valence-electron chi connectivity index (χ1n) is 4.41. The number of benzene rings is 1. The largest absolute Gasteiger partial charge is 0.506 e. The zero-order chi connectivity index (χ0) is 10.3. The molecule has 1 heterocycles. The van der Waals surface area contributed by atoms with Gasteiger partial charge in [-0.2, -0.15) is 0 Å². The van der Waals surface area contributed by atoms with Crippen LogP contribution in [-0.4, -0.2) is 17.1 Å².